The molecular weight excluding hydrogens is 275 g/mol. The lowest BCUT2D eigenvalue weighted by molar-refractivity contribution is 0.618. The Morgan fingerprint density at radius 3 is 2.92 bits per heavy atom. The van der Waals surface area contributed by atoms with Crippen molar-refractivity contribution in [3.63, 3.8) is 0 Å². The molecule has 1 heterocycles. The quantitative estimate of drug-likeness (QED) is 0.776. The maximum Gasteiger partial charge on any atom is 0.131 e. The van der Waals surface area contributed by atoms with Crippen molar-refractivity contribution in [2.24, 2.45) is 0 Å². The molecule has 0 fully saturated rings. The van der Waals surface area contributed by atoms with E-state index >= 15 is 0 Å². The van der Waals surface area contributed by atoms with E-state index in [1.807, 2.05) is 0 Å². The Hall–Kier alpha value is -0.580. The predicted molar refractivity (Wildman–Crippen MR) is 62.7 cm³/mol. The fraction of sp³-hybridized carbons (Fsp3) is 0.300. The number of aromatic nitrogens is 2. The van der Waals surface area contributed by atoms with Crippen molar-refractivity contribution in [1.29, 1.82) is 0 Å². The summed E-state index contributed by atoms with van der Waals surface area (Å²) in [5, 5.41) is 5.74. The Balaban J connectivity index is 2.63. The van der Waals surface area contributed by atoms with Crippen molar-refractivity contribution >= 4 is 33.5 Å². The van der Waals surface area contributed by atoms with Gasteiger partial charge in [0.1, 0.15) is 3.70 Å². The summed E-state index contributed by atoms with van der Waals surface area (Å²) in [6.45, 7) is 3.17. The number of rotatable bonds is 2. The number of benzene rings is 1. The van der Waals surface area contributed by atoms with Gasteiger partial charge in [0.25, 0.3) is 0 Å². The van der Waals surface area contributed by atoms with Crippen LogP contribution in [0.5, 0.6) is 0 Å². The van der Waals surface area contributed by atoms with Crippen LogP contribution >= 0.6 is 22.6 Å². The second kappa shape index (κ2) is 3.65. The van der Waals surface area contributed by atoms with Crippen LogP contribution < -0.4 is 0 Å². The number of nitrogens with zero attached hydrogens (tertiary/aromatic N) is 2. The summed E-state index contributed by atoms with van der Waals surface area (Å²) in [6, 6.07) is 8.37. The molecule has 68 valence electrons. The molecule has 2 nitrogen and oxygen atoms in total. The van der Waals surface area contributed by atoms with E-state index in [1.54, 1.807) is 0 Å². The summed E-state index contributed by atoms with van der Waals surface area (Å²) in [6.07, 6.45) is 1.13. The highest BCUT2D eigenvalue weighted by molar-refractivity contribution is 14.1. The van der Waals surface area contributed by atoms with E-state index in [2.05, 4.69) is 63.6 Å². The van der Waals surface area contributed by atoms with Gasteiger partial charge in [0.15, 0.2) is 0 Å². The van der Waals surface area contributed by atoms with E-state index in [0.29, 0.717) is 0 Å². The molecule has 0 radical (unpaired) electrons. The maximum atomic E-state index is 4.48. The molecule has 0 unspecified atom stereocenters. The molecule has 0 spiro atoms. The van der Waals surface area contributed by atoms with E-state index in [0.717, 1.165) is 16.7 Å². The first-order valence-electron chi connectivity index (χ1n) is 4.44. The van der Waals surface area contributed by atoms with Crippen LogP contribution in [0.25, 0.3) is 10.9 Å². The molecule has 2 aromatic rings. The van der Waals surface area contributed by atoms with Gasteiger partial charge in [0, 0.05) is 11.9 Å². The van der Waals surface area contributed by atoms with E-state index in [1.165, 1.54) is 10.9 Å². The number of aryl methyl sites for hydroxylation is 1. The third-order valence-corrected chi connectivity index (χ3v) is 2.85. The van der Waals surface area contributed by atoms with Crippen molar-refractivity contribution in [3.8, 4) is 0 Å². The van der Waals surface area contributed by atoms with Crippen LogP contribution in [0, 0.1) is 3.70 Å². The lowest BCUT2D eigenvalue weighted by Gasteiger charge is -1.98. The smallest absolute Gasteiger partial charge is 0.131 e. The number of hydrogen-bond acceptors (Lipinski definition) is 1. The minimum absolute atomic E-state index is 1.00. The molecular formula is C10H11IN2. The Kier molecular flexibility index (Phi) is 2.53. The second-order valence-corrected chi connectivity index (χ2v) is 4.05. The van der Waals surface area contributed by atoms with Gasteiger partial charge in [-0.05, 0) is 35.1 Å². The molecule has 2 rings (SSSR count). The number of halogens is 1. The van der Waals surface area contributed by atoms with Gasteiger partial charge in [-0.3, -0.25) is 4.68 Å². The van der Waals surface area contributed by atoms with Crippen LogP contribution in [-0.2, 0) is 6.54 Å². The largest absolute Gasteiger partial charge is 0.264 e. The maximum absolute atomic E-state index is 4.48. The molecule has 3 heteroatoms. The molecule has 0 saturated carbocycles. The van der Waals surface area contributed by atoms with Gasteiger partial charge in [0.2, 0.25) is 0 Å². The Morgan fingerprint density at radius 1 is 1.38 bits per heavy atom. The third kappa shape index (κ3) is 1.57. The molecule has 1 aromatic carbocycles. The highest BCUT2D eigenvalue weighted by Crippen LogP contribution is 2.19. The summed E-state index contributed by atoms with van der Waals surface area (Å²) in [7, 11) is 0. The summed E-state index contributed by atoms with van der Waals surface area (Å²) in [5.74, 6) is 0. The highest BCUT2D eigenvalue weighted by atomic mass is 127. The van der Waals surface area contributed by atoms with Crippen molar-refractivity contribution < 1.29 is 0 Å². The zero-order valence-electron chi connectivity index (χ0n) is 7.50. The Labute approximate surface area is 91.1 Å². The highest BCUT2D eigenvalue weighted by Gasteiger charge is 2.05. The zero-order chi connectivity index (χ0) is 9.26. The molecule has 1 aromatic heterocycles. The Morgan fingerprint density at radius 2 is 2.15 bits per heavy atom. The molecule has 0 aliphatic carbocycles. The number of para-hydroxylation sites is 1. The van der Waals surface area contributed by atoms with Crippen molar-refractivity contribution in [2.45, 2.75) is 19.9 Å². The minimum Gasteiger partial charge on any atom is -0.264 e. The summed E-state index contributed by atoms with van der Waals surface area (Å²) in [5.41, 5.74) is 1.24. The van der Waals surface area contributed by atoms with Gasteiger partial charge in [-0.1, -0.05) is 25.1 Å². The molecule has 0 N–H and O–H groups in total. The number of hydrogen-bond donors (Lipinski definition) is 0. The topological polar surface area (TPSA) is 17.8 Å². The Bertz CT molecular complexity index is 420. The fourth-order valence-corrected chi connectivity index (χ4v) is 2.19. The summed E-state index contributed by atoms with van der Waals surface area (Å²) in [4.78, 5) is 0. The normalized spacial score (nSPS) is 10.9. The first kappa shape index (κ1) is 8.99. The van der Waals surface area contributed by atoms with Gasteiger partial charge in [0.05, 0.1) is 5.52 Å². The lowest BCUT2D eigenvalue weighted by Crippen LogP contribution is -1.98. The average molecular weight is 286 g/mol. The predicted octanol–water partition coefficient (Wildman–Crippen LogP) is 3.05. The molecule has 0 atom stereocenters. The van der Waals surface area contributed by atoms with Gasteiger partial charge in [-0.15, -0.1) is 0 Å². The van der Waals surface area contributed by atoms with E-state index in [4.69, 9.17) is 0 Å². The summed E-state index contributed by atoms with van der Waals surface area (Å²) < 4.78 is 3.18. The first-order valence-corrected chi connectivity index (χ1v) is 5.52. The van der Waals surface area contributed by atoms with E-state index in [-0.39, 0.29) is 0 Å². The monoisotopic (exact) mass is 286 g/mol. The van der Waals surface area contributed by atoms with E-state index < -0.39 is 0 Å². The summed E-state index contributed by atoms with van der Waals surface area (Å²) >= 11 is 2.29. The fourth-order valence-electron chi connectivity index (χ4n) is 1.47. The third-order valence-electron chi connectivity index (χ3n) is 2.05. The van der Waals surface area contributed by atoms with Gasteiger partial charge < -0.3 is 0 Å². The van der Waals surface area contributed by atoms with Gasteiger partial charge >= 0.3 is 0 Å². The second-order valence-electron chi connectivity index (χ2n) is 3.03. The molecule has 0 aliphatic rings. The standard InChI is InChI=1S/C10H11IN2/c1-2-7-13-9-6-4-3-5-8(9)10(11)12-13/h3-6H,2,7H2,1H3. The average Bonchev–Trinajstić information content (AvgIpc) is 2.46. The van der Waals surface area contributed by atoms with Crippen LogP contribution in [0.3, 0.4) is 0 Å². The van der Waals surface area contributed by atoms with Crippen molar-refractivity contribution in [2.75, 3.05) is 0 Å². The number of fused-ring (bicyclic) bond motifs is 1. The zero-order valence-corrected chi connectivity index (χ0v) is 9.65. The van der Waals surface area contributed by atoms with Gasteiger partial charge in [-0.2, -0.15) is 5.10 Å². The lowest BCUT2D eigenvalue weighted by atomic mass is 10.2. The molecule has 13 heavy (non-hydrogen) atoms. The van der Waals surface area contributed by atoms with Crippen LogP contribution in [0.4, 0.5) is 0 Å². The van der Waals surface area contributed by atoms with E-state index in [9.17, 15) is 0 Å². The molecule has 0 saturated heterocycles. The van der Waals surface area contributed by atoms with Crippen molar-refractivity contribution in [3.05, 3.63) is 28.0 Å². The minimum atomic E-state index is 1.00. The SMILES string of the molecule is CCCn1nc(I)c2ccccc21. The molecule has 0 bridgehead atoms. The van der Waals surface area contributed by atoms with Crippen LogP contribution in [0.1, 0.15) is 13.3 Å². The van der Waals surface area contributed by atoms with Crippen LogP contribution in [0.2, 0.25) is 0 Å². The van der Waals surface area contributed by atoms with Crippen LogP contribution in [-0.4, -0.2) is 9.78 Å². The molecule has 0 aliphatic heterocycles. The molecule has 0 amide bonds. The van der Waals surface area contributed by atoms with Gasteiger partial charge in [-0.25, -0.2) is 0 Å². The first-order chi connectivity index (χ1) is 6.33. The van der Waals surface area contributed by atoms with Crippen LogP contribution in [0.15, 0.2) is 24.3 Å². The van der Waals surface area contributed by atoms with Crippen molar-refractivity contribution in [1.82, 2.24) is 9.78 Å².